The van der Waals surface area contributed by atoms with Gasteiger partial charge in [-0.15, -0.1) is 0 Å². The summed E-state index contributed by atoms with van der Waals surface area (Å²) in [6, 6.07) is 11.2. The molecule has 0 spiro atoms. The van der Waals surface area contributed by atoms with E-state index < -0.39 is 12.7 Å². The number of rotatable bonds is 6. The molecule has 0 N–H and O–H groups in total. The van der Waals surface area contributed by atoms with E-state index in [-0.39, 0.29) is 5.92 Å². The molecule has 0 saturated carbocycles. The second kappa shape index (κ2) is 9.74. The summed E-state index contributed by atoms with van der Waals surface area (Å²) in [6.45, 7) is -0.148. The lowest BCUT2D eigenvalue weighted by molar-refractivity contribution is -0.147. The van der Waals surface area contributed by atoms with E-state index in [0.717, 1.165) is 22.4 Å². The van der Waals surface area contributed by atoms with Gasteiger partial charge in [0.2, 0.25) is 5.88 Å². The van der Waals surface area contributed by atoms with Gasteiger partial charge in [0.15, 0.2) is 5.82 Å². The number of ether oxygens (including phenoxy) is 2. The first-order valence-corrected chi connectivity index (χ1v) is 10.7. The van der Waals surface area contributed by atoms with Crippen molar-refractivity contribution in [3.63, 3.8) is 0 Å². The first-order valence-electron chi connectivity index (χ1n) is 10.7. The van der Waals surface area contributed by atoms with Gasteiger partial charge in [-0.2, -0.15) is 13.2 Å². The maximum atomic E-state index is 12.8. The van der Waals surface area contributed by atoms with Gasteiger partial charge in [-0.3, -0.25) is 4.90 Å². The van der Waals surface area contributed by atoms with Gasteiger partial charge in [0.25, 0.3) is 0 Å². The molecule has 1 fully saturated rings. The summed E-state index contributed by atoms with van der Waals surface area (Å²) < 4.78 is 49.0. The van der Waals surface area contributed by atoms with Crippen molar-refractivity contribution in [3.05, 3.63) is 54.5 Å². The van der Waals surface area contributed by atoms with E-state index in [1.807, 2.05) is 30.3 Å². The van der Waals surface area contributed by atoms with Crippen molar-refractivity contribution in [1.82, 2.24) is 19.9 Å². The van der Waals surface area contributed by atoms with Crippen LogP contribution in [0.1, 0.15) is 24.5 Å². The fraction of sp³-hybridized carbons (Fsp3) is 0.375. The summed E-state index contributed by atoms with van der Waals surface area (Å²) in [5, 5.41) is 0. The highest BCUT2D eigenvalue weighted by Crippen LogP contribution is 2.36. The van der Waals surface area contributed by atoms with Crippen LogP contribution in [0.15, 0.2) is 48.8 Å². The number of likely N-dealkylation sites (tertiary alicyclic amines) is 1. The number of nitrogens with zero attached hydrogens (tertiary/aromatic N) is 4. The lowest BCUT2D eigenvalue weighted by Gasteiger charge is -2.32. The molecule has 1 aromatic carbocycles. The molecule has 2 aromatic heterocycles. The van der Waals surface area contributed by atoms with Gasteiger partial charge in [0.1, 0.15) is 5.75 Å². The molecule has 174 valence electrons. The first kappa shape index (κ1) is 23.0. The SMILES string of the molecule is COc1cccc(-c2cnc(-c3ccc(OC)nc3)nc2C2CCN(CC(F)(F)F)CC2)c1. The number of methoxy groups -OCH3 is 2. The van der Waals surface area contributed by atoms with Crippen LogP contribution in [0, 0.1) is 0 Å². The molecule has 0 radical (unpaired) electrons. The number of pyridine rings is 1. The van der Waals surface area contributed by atoms with E-state index in [9.17, 15) is 13.2 Å². The van der Waals surface area contributed by atoms with Gasteiger partial charge in [-0.05, 0) is 49.7 Å². The third-order valence-corrected chi connectivity index (χ3v) is 5.78. The third kappa shape index (κ3) is 5.60. The summed E-state index contributed by atoms with van der Waals surface area (Å²) in [6.07, 6.45) is 0.407. The highest BCUT2D eigenvalue weighted by molar-refractivity contribution is 5.69. The monoisotopic (exact) mass is 458 g/mol. The van der Waals surface area contributed by atoms with Crippen molar-refractivity contribution in [2.45, 2.75) is 24.9 Å². The molecule has 1 aliphatic heterocycles. The minimum atomic E-state index is -4.19. The molecule has 0 aliphatic carbocycles. The Hall–Kier alpha value is -3.20. The van der Waals surface area contributed by atoms with Crippen LogP contribution >= 0.6 is 0 Å². The van der Waals surface area contributed by atoms with Crippen LogP contribution in [-0.2, 0) is 0 Å². The van der Waals surface area contributed by atoms with E-state index in [4.69, 9.17) is 14.5 Å². The molecule has 33 heavy (non-hydrogen) atoms. The van der Waals surface area contributed by atoms with Crippen molar-refractivity contribution >= 4 is 0 Å². The summed E-state index contributed by atoms with van der Waals surface area (Å²) in [4.78, 5) is 15.1. The first-order chi connectivity index (χ1) is 15.9. The van der Waals surface area contributed by atoms with Crippen LogP contribution in [-0.4, -0.2) is 59.9 Å². The van der Waals surface area contributed by atoms with Crippen LogP contribution in [0.5, 0.6) is 11.6 Å². The number of benzene rings is 1. The topological polar surface area (TPSA) is 60.4 Å². The molecule has 9 heteroatoms. The Morgan fingerprint density at radius 1 is 0.970 bits per heavy atom. The minimum absolute atomic E-state index is 0.0173. The van der Waals surface area contributed by atoms with Gasteiger partial charge in [0.05, 0.1) is 26.5 Å². The Labute approximate surface area is 190 Å². The van der Waals surface area contributed by atoms with Crippen molar-refractivity contribution in [1.29, 1.82) is 0 Å². The molecule has 6 nitrogen and oxygen atoms in total. The van der Waals surface area contributed by atoms with E-state index in [0.29, 0.717) is 43.4 Å². The van der Waals surface area contributed by atoms with E-state index in [1.54, 1.807) is 32.7 Å². The number of piperidine rings is 1. The van der Waals surface area contributed by atoms with E-state index in [2.05, 4.69) is 9.97 Å². The maximum absolute atomic E-state index is 12.8. The smallest absolute Gasteiger partial charge is 0.401 e. The van der Waals surface area contributed by atoms with Gasteiger partial charge in [-0.25, -0.2) is 15.0 Å². The van der Waals surface area contributed by atoms with Crippen molar-refractivity contribution in [2.24, 2.45) is 0 Å². The zero-order chi connectivity index (χ0) is 23.4. The molecule has 3 aromatic rings. The second-order valence-corrected chi connectivity index (χ2v) is 7.98. The lowest BCUT2D eigenvalue weighted by atomic mass is 9.88. The van der Waals surface area contributed by atoms with Gasteiger partial charge >= 0.3 is 6.18 Å². The molecule has 0 atom stereocenters. The minimum Gasteiger partial charge on any atom is -0.497 e. The average Bonchev–Trinajstić information content (AvgIpc) is 2.83. The van der Waals surface area contributed by atoms with E-state index >= 15 is 0 Å². The Bertz CT molecular complexity index is 1080. The fourth-order valence-corrected chi connectivity index (χ4v) is 4.11. The molecular weight excluding hydrogens is 433 g/mol. The van der Waals surface area contributed by atoms with Gasteiger partial charge in [-0.1, -0.05) is 12.1 Å². The standard InChI is InChI=1S/C24H25F3N4O2/c1-32-19-5-3-4-17(12-19)20-14-29-23(18-6-7-21(33-2)28-13-18)30-22(20)16-8-10-31(11-9-16)15-24(25,26)27/h3-7,12-14,16H,8-11,15H2,1-2H3. The molecule has 1 aliphatic rings. The normalized spacial score (nSPS) is 15.4. The van der Waals surface area contributed by atoms with Crippen molar-refractivity contribution in [3.8, 4) is 34.1 Å². The number of hydrogen-bond donors (Lipinski definition) is 0. The summed E-state index contributed by atoms with van der Waals surface area (Å²) in [5.41, 5.74) is 3.33. The Balaban J connectivity index is 1.68. The van der Waals surface area contributed by atoms with Crippen LogP contribution in [0.4, 0.5) is 13.2 Å². The predicted molar refractivity (Wildman–Crippen MR) is 118 cm³/mol. The number of halogens is 3. The van der Waals surface area contributed by atoms with Gasteiger partial charge in [0, 0.05) is 35.5 Å². The summed E-state index contributed by atoms with van der Waals surface area (Å²) in [7, 11) is 3.15. The zero-order valence-electron chi connectivity index (χ0n) is 18.5. The average molecular weight is 458 g/mol. The number of aromatic nitrogens is 3. The molecule has 1 saturated heterocycles. The third-order valence-electron chi connectivity index (χ3n) is 5.78. The van der Waals surface area contributed by atoms with Crippen LogP contribution in [0.25, 0.3) is 22.5 Å². The van der Waals surface area contributed by atoms with Gasteiger partial charge < -0.3 is 9.47 Å². The molecule has 4 rings (SSSR count). The molecule has 0 amide bonds. The van der Waals surface area contributed by atoms with Crippen LogP contribution in [0.2, 0.25) is 0 Å². The number of alkyl halides is 3. The number of hydrogen-bond acceptors (Lipinski definition) is 6. The quantitative estimate of drug-likeness (QED) is 0.520. The van der Waals surface area contributed by atoms with Crippen molar-refractivity contribution in [2.75, 3.05) is 33.9 Å². The second-order valence-electron chi connectivity index (χ2n) is 7.98. The lowest BCUT2D eigenvalue weighted by Crippen LogP contribution is -2.39. The summed E-state index contributed by atoms with van der Waals surface area (Å²) in [5.74, 6) is 1.74. The highest BCUT2D eigenvalue weighted by Gasteiger charge is 2.33. The molecular formula is C24H25F3N4O2. The fourth-order valence-electron chi connectivity index (χ4n) is 4.11. The zero-order valence-corrected chi connectivity index (χ0v) is 18.5. The highest BCUT2D eigenvalue weighted by atomic mass is 19.4. The molecule has 0 unspecified atom stereocenters. The maximum Gasteiger partial charge on any atom is 0.401 e. The Kier molecular flexibility index (Phi) is 6.78. The Morgan fingerprint density at radius 2 is 1.76 bits per heavy atom. The van der Waals surface area contributed by atoms with E-state index in [1.165, 1.54) is 4.90 Å². The molecule has 0 bridgehead atoms. The summed E-state index contributed by atoms with van der Waals surface area (Å²) >= 11 is 0. The Morgan fingerprint density at radius 3 is 2.39 bits per heavy atom. The van der Waals surface area contributed by atoms with Crippen molar-refractivity contribution < 1.29 is 22.6 Å². The predicted octanol–water partition coefficient (Wildman–Crippen LogP) is 4.96. The molecule has 3 heterocycles. The largest absolute Gasteiger partial charge is 0.497 e. The van der Waals surface area contributed by atoms with Crippen LogP contribution < -0.4 is 9.47 Å². The van der Waals surface area contributed by atoms with Crippen LogP contribution in [0.3, 0.4) is 0 Å².